The van der Waals surface area contributed by atoms with Crippen molar-refractivity contribution < 1.29 is 9.18 Å². The third-order valence-electron chi connectivity index (χ3n) is 5.56. The number of nitrogens with zero attached hydrogens (tertiary/aromatic N) is 4. The number of pyridine rings is 1. The highest BCUT2D eigenvalue weighted by Gasteiger charge is 2.55. The number of hydrogen-bond donors (Lipinski definition) is 1. The Balaban J connectivity index is 1.16. The van der Waals surface area contributed by atoms with Gasteiger partial charge < -0.3 is 10.2 Å². The molecule has 1 saturated heterocycles. The summed E-state index contributed by atoms with van der Waals surface area (Å²) < 4.78 is 13.9. The van der Waals surface area contributed by atoms with E-state index in [1.807, 2.05) is 17.0 Å². The zero-order chi connectivity index (χ0) is 18.8. The van der Waals surface area contributed by atoms with Gasteiger partial charge in [-0.1, -0.05) is 0 Å². The molecule has 2 aromatic heterocycles. The summed E-state index contributed by atoms with van der Waals surface area (Å²) in [7, 11) is 0. The molecule has 4 rings (SSSR count). The standard InChI is InChI=1S/C19H21ClFN5O/c20-19-24-9-16(21)18(25-19)26-10-14-13(15(14)11-26)5-8-23-17(27)2-1-12-3-6-22-7-4-12/h3-4,6-7,9,13-15H,1-2,5,8,10-11H2,(H,23,27). The van der Waals surface area contributed by atoms with Gasteiger partial charge in [0.25, 0.3) is 0 Å². The molecule has 2 aliphatic rings. The van der Waals surface area contributed by atoms with Gasteiger partial charge in [-0.3, -0.25) is 9.78 Å². The van der Waals surface area contributed by atoms with Crippen LogP contribution in [0.15, 0.2) is 30.7 Å². The van der Waals surface area contributed by atoms with Crippen LogP contribution in [0.1, 0.15) is 18.4 Å². The predicted octanol–water partition coefficient (Wildman–Crippen LogP) is 2.49. The Morgan fingerprint density at radius 1 is 1.30 bits per heavy atom. The van der Waals surface area contributed by atoms with Gasteiger partial charge >= 0.3 is 0 Å². The Morgan fingerprint density at radius 2 is 2.04 bits per heavy atom. The minimum Gasteiger partial charge on any atom is -0.356 e. The van der Waals surface area contributed by atoms with Crippen molar-refractivity contribution in [3.63, 3.8) is 0 Å². The van der Waals surface area contributed by atoms with Gasteiger partial charge in [0, 0.05) is 38.4 Å². The highest BCUT2D eigenvalue weighted by molar-refractivity contribution is 6.28. The third kappa shape index (κ3) is 4.18. The van der Waals surface area contributed by atoms with E-state index < -0.39 is 5.82 Å². The van der Waals surface area contributed by atoms with Gasteiger partial charge in [0.15, 0.2) is 11.6 Å². The van der Waals surface area contributed by atoms with Crippen LogP contribution in [0.5, 0.6) is 0 Å². The minimum atomic E-state index is -0.432. The van der Waals surface area contributed by atoms with Crippen molar-refractivity contribution in [1.82, 2.24) is 20.3 Å². The molecule has 1 aliphatic carbocycles. The molecule has 27 heavy (non-hydrogen) atoms. The van der Waals surface area contributed by atoms with Gasteiger partial charge in [-0.05, 0) is 59.9 Å². The average Bonchev–Trinajstić information content (AvgIpc) is 3.12. The number of aromatic nitrogens is 3. The van der Waals surface area contributed by atoms with Crippen LogP contribution in [0.3, 0.4) is 0 Å². The van der Waals surface area contributed by atoms with E-state index in [0.717, 1.165) is 37.7 Å². The summed E-state index contributed by atoms with van der Waals surface area (Å²) in [6.07, 6.45) is 6.78. The zero-order valence-electron chi connectivity index (χ0n) is 14.8. The topological polar surface area (TPSA) is 71.0 Å². The van der Waals surface area contributed by atoms with Crippen molar-refractivity contribution in [2.24, 2.45) is 17.8 Å². The maximum Gasteiger partial charge on any atom is 0.224 e. The molecular weight excluding hydrogens is 369 g/mol. The summed E-state index contributed by atoms with van der Waals surface area (Å²) in [5.74, 6) is 1.64. The number of aryl methyl sites for hydroxylation is 1. The molecule has 1 amide bonds. The highest BCUT2D eigenvalue weighted by atomic mass is 35.5. The first-order chi connectivity index (χ1) is 13.1. The quantitative estimate of drug-likeness (QED) is 0.737. The van der Waals surface area contributed by atoms with E-state index in [1.165, 1.54) is 0 Å². The molecule has 8 heteroatoms. The molecule has 0 spiro atoms. The van der Waals surface area contributed by atoms with Crippen molar-refractivity contribution in [2.45, 2.75) is 19.3 Å². The van der Waals surface area contributed by atoms with E-state index in [0.29, 0.717) is 36.5 Å². The Labute approximate surface area is 162 Å². The van der Waals surface area contributed by atoms with Crippen LogP contribution >= 0.6 is 11.6 Å². The first-order valence-electron chi connectivity index (χ1n) is 9.20. The second-order valence-corrected chi connectivity index (χ2v) is 7.54. The lowest BCUT2D eigenvalue weighted by Gasteiger charge is -2.21. The predicted molar refractivity (Wildman–Crippen MR) is 99.9 cm³/mol. The number of piperidine rings is 1. The lowest BCUT2D eigenvalue weighted by Crippen LogP contribution is -2.28. The van der Waals surface area contributed by atoms with E-state index in [4.69, 9.17) is 11.6 Å². The highest BCUT2D eigenvalue weighted by Crippen LogP contribution is 2.54. The second-order valence-electron chi connectivity index (χ2n) is 7.20. The van der Waals surface area contributed by atoms with E-state index in [-0.39, 0.29) is 11.2 Å². The molecule has 2 aromatic rings. The zero-order valence-corrected chi connectivity index (χ0v) is 15.6. The fourth-order valence-electron chi connectivity index (χ4n) is 4.08. The van der Waals surface area contributed by atoms with Crippen molar-refractivity contribution in [3.05, 3.63) is 47.4 Å². The molecule has 3 heterocycles. The fraction of sp³-hybridized carbons (Fsp3) is 0.474. The lowest BCUT2D eigenvalue weighted by molar-refractivity contribution is -0.121. The normalized spacial score (nSPS) is 23.2. The number of anilines is 1. The first-order valence-corrected chi connectivity index (χ1v) is 9.58. The third-order valence-corrected chi connectivity index (χ3v) is 5.74. The molecule has 1 aliphatic heterocycles. The van der Waals surface area contributed by atoms with Crippen LogP contribution in [-0.2, 0) is 11.2 Å². The maximum atomic E-state index is 13.9. The van der Waals surface area contributed by atoms with Crippen LogP contribution in [0.4, 0.5) is 10.2 Å². The second kappa shape index (κ2) is 7.76. The minimum absolute atomic E-state index is 0.0676. The number of hydrogen-bond acceptors (Lipinski definition) is 5. The number of fused-ring (bicyclic) bond motifs is 1. The number of rotatable bonds is 7. The Kier molecular flexibility index (Phi) is 5.20. The van der Waals surface area contributed by atoms with E-state index >= 15 is 0 Å². The van der Waals surface area contributed by atoms with Crippen LogP contribution in [-0.4, -0.2) is 40.5 Å². The summed E-state index contributed by atoms with van der Waals surface area (Å²) >= 11 is 5.78. The molecule has 1 N–H and O–H groups in total. The summed E-state index contributed by atoms with van der Waals surface area (Å²) in [6, 6.07) is 3.86. The molecule has 1 saturated carbocycles. The van der Waals surface area contributed by atoms with E-state index in [1.54, 1.807) is 12.4 Å². The molecular formula is C19H21ClFN5O. The SMILES string of the molecule is O=C(CCc1ccncc1)NCCC1C2CN(c3nc(Cl)ncc3F)CC12. The Hall–Kier alpha value is -2.28. The maximum absolute atomic E-state index is 13.9. The van der Waals surface area contributed by atoms with Gasteiger partial charge in [0.2, 0.25) is 11.2 Å². The number of carbonyl (C=O) groups excluding carboxylic acids is 1. The van der Waals surface area contributed by atoms with Gasteiger partial charge in [-0.25, -0.2) is 9.37 Å². The molecule has 2 atom stereocenters. The number of carbonyl (C=O) groups is 1. The summed E-state index contributed by atoms with van der Waals surface area (Å²) in [5, 5.41) is 3.07. The number of amides is 1. The van der Waals surface area contributed by atoms with Crippen LogP contribution in [0.2, 0.25) is 5.28 Å². The molecule has 0 radical (unpaired) electrons. The van der Waals surface area contributed by atoms with Gasteiger partial charge in [-0.2, -0.15) is 4.98 Å². The largest absolute Gasteiger partial charge is 0.356 e. The average molecular weight is 390 g/mol. The fourth-order valence-corrected chi connectivity index (χ4v) is 4.21. The summed E-state index contributed by atoms with van der Waals surface area (Å²) in [4.78, 5) is 25.6. The molecule has 142 valence electrons. The lowest BCUT2D eigenvalue weighted by atomic mass is 10.1. The van der Waals surface area contributed by atoms with E-state index in [2.05, 4.69) is 20.3 Å². The molecule has 2 fully saturated rings. The molecule has 2 unspecified atom stereocenters. The summed E-state index contributed by atoms with van der Waals surface area (Å²) in [6.45, 7) is 2.27. The molecule has 0 bridgehead atoms. The van der Waals surface area contributed by atoms with Crippen molar-refractivity contribution in [1.29, 1.82) is 0 Å². The molecule has 6 nitrogen and oxygen atoms in total. The van der Waals surface area contributed by atoms with Gasteiger partial charge in [-0.15, -0.1) is 0 Å². The number of halogens is 2. The Morgan fingerprint density at radius 3 is 2.78 bits per heavy atom. The summed E-state index contributed by atoms with van der Waals surface area (Å²) in [5.41, 5.74) is 1.12. The number of nitrogens with one attached hydrogen (secondary N) is 1. The van der Waals surface area contributed by atoms with Crippen molar-refractivity contribution in [2.75, 3.05) is 24.5 Å². The Bertz CT molecular complexity index is 809. The van der Waals surface area contributed by atoms with E-state index in [9.17, 15) is 9.18 Å². The smallest absolute Gasteiger partial charge is 0.224 e. The van der Waals surface area contributed by atoms with Crippen molar-refractivity contribution in [3.8, 4) is 0 Å². The van der Waals surface area contributed by atoms with Crippen LogP contribution in [0.25, 0.3) is 0 Å². The van der Waals surface area contributed by atoms with Crippen molar-refractivity contribution >= 4 is 23.3 Å². The van der Waals surface area contributed by atoms with Gasteiger partial charge in [0.1, 0.15) is 0 Å². The van der Waals surface area contributed by atoms with Crippen LogP contribution < -0.4 is 10.2 Å². The van der Waals surface area contributed by atoms with Gasteiger partial charge in [0.05, 0.1) is 6.20 Å². The molecule has 0 aromatic carbocycles. The first kappa shape index (κ1) is 18.1. The van der Waals surface area contributed by atoms with Crippen LogP contribution in [0, 0.1) is 23.6 Å². The monoisotopic (exact) mass is 389 g/mol.